The number of para-hydroxylation sites is 1. The average Bonchev–Trinajstić information content (AvgIpc) is 3.34. The number of aromatic amines is 1. The average molecular weight is 465 g/mol. The van der Waals surface area contributed by atoms with Gasteiger partial charge in [-0.25, -0.2) is 14.6 Å². The number of aromatic nitrogens is 3. The maximum Gasteiger partial charge on any atom is 0.339 e. The normalized spacial score (nSPS) is 10.9. The number of pyridine rings is 1. The third-order valence-electron chi connectivity index (χ3n) is 5.01. The minimum absolute atomic E-state index is 0.232. The van der Waals surface area contributed by atoms with Crippen LogP contribution in [0.2, 0.25) is 0 Å². The van der Waals surface area contributed by atoms with Gasteiger partial charge in [0.1, 0.15) is 11.4 Å². The summed E-state index contributed by atoms with van der Waals surface area (Å²) in [6, 6.07) is 12.5. The fourth-order valence-corrected chi connectivity index (χ4v) is 4.16. The van der Waals surface area contributed by atoms with Crippen LogP contribution in [0, 0.1) is 0 Å². The largest absolute Gasteiger partial charge is 0.454 e. The fourth-order valence-electron chi connectivity index (χ4n) is 3.48. The topological polar surface area (TPSA) is 137 Å². The smallest absolute Gasteiger partial charge is 0.339 e. The number of rotatable bonds is 7. The molecule has 3 aromatic heterocycles. The van der Waals surface area contributed by atoms with Gasteiger partial charge in [0.15, 0.2) is 6.61 Å². The van der Waals surface area contributed by atoms with E-state index in [0.29, 0.717) is 23.0 Å². The summed E-state index contributed by atoms with van der Waals surface area (Å²) in [6.45, 7) is 1.35. The predicted molar refractivity (Wildman–Crippen MR) is 126 cm³/mol. The number of thiophene rings is 1. The maximum atomic E-state index is 12.9. The molecule has 33 heavy (non-hydrogen) atoms. The highest BCUT2D eigenvalue weighted by molar-refractivity contribution is 7.13. The number of benzene rings is 1. The molecule has 9 nitrogen and oxygen atoms in total. The molecule has 10 heteroatoms. The van der Waals surface area contributed by atoms with Gasteiger partial charge in [-0.2, -0.15) is 0 Å². The van der Waals surface area contributed by atoms with Crippen molar-refractivity contribution in [2.24, 2.45) is 0 Å². The van der Waals surface area contributed by atoms with Crippen LogP contribution in [0.4, 0.5) is 5.82 Å². The number of anilines is 1. The van der Waals surface area contributed by atoms with Crippen molar-refractivity contribution in [1.82, 2.24) is 14.5 Å². The van der Waals surface area contributed by atoms with Gasteiger partial charge >= 0.3 is 11.7 Å². The van der Waals surface area contributed by atoms with Crippen LogP contribution in [0.25, 0.3) is 21.5 Å². The number of nitrogens with zero attached hydrogens (tertiary/aromatic N) is 2. The molecule has 0 saturated heterocycles. The molecule has 4 aromatic rings. The zero-order valence-electron chi connectivity index (χ0n) is 17.7. The van der Waals surface area contributed by atoms with Gasteiger partial charge in [0.2, 0.25) is 5.78 Å². The fraction of sp³-hybridized carbons (Fsp3) is 0.174. The third-order valence-corrected chi connectivity index (χ3v) is 5.90. The van der Waals surface area contributed by atoms with Gasteiger partial charge in [-0.1, -0.05) is 31.2 Å². The quantitative estimate of drug-likeness (QED) is 0.317. The van der Waals surface area contributed by atoms with Crippen LogP contribution in [0.5, 0.6) is 0 Å². The Hall–Kier alpha value is -4.05. The van der Waals surface area contributed by atoms with E-state index in [1.165, 1.54) is 11.3 Å². The predicted octanol–water partition coefficient (Wildman–Crippen LogP) is 2.85. The molecule has 168 valence electrons. The summed E-state index contributed by atoms with van der Waals surface area (Å²) >= 11 is 1.48. The number of nitrogens with one attached hydrogen (secondary N) is 1. The van der Waals surface area contributed by atoms with Crippen molar-refractivity contribution in [3.63, 3.8) is 0 Å². The van der Waals surface area contributed by atoms with Gasteiger partial charge in [0.05, 0.1) is 21.7 Å². The number of hydrogen-bond donors (Lipinski definition) is 2. The Bertz CT molecular complexity index is 1470. The van der Waals surface area contributed by atoms with Crippen LogP contribution >= 0.6 is 11.3 Å². The Balaban J connectivity index is 1.64. The lowest BCUT2D eigenvalue weighted by molar-refractivity contribution is 0.0476. The first-order valence-corrected chi connectivity index (χ1v) is 11.0. The molecule has 0 amide bonds. The minimum Gasteiger partial charge on any atom is -0.454 e. The first-order chi connectivity index (χ1) is 15.9. The van der Waals surface area contributed by atoms with Crippen LogP contribution in [0.3, 0.4) is 0 Å². The number of esters is 1. The number of hydrogen-bond acceptors (Lipinski definition) is 8. The summed E-state index contributed by atoms with van der Waals surface area (Å²) < 4.78 is 6.37. The highest BCUT2D eigenvalue weighted by Crippen LogP contribution is 2.28. The Labute approximate surface area is 191 Å². The second-order valence-corrected chi connectivity index (χ2v) is 8.17. The van der Waals surface area contributed by atoms with Crippen molar-refractivity contribution >= 4 is 39.8 Å². The van der Waals surface area contributed by atoms with E-state index in [2.05, 4.69) is 9.97 Å². The number of Topliss-reactive ketones (excluding diaryl/α,β-unsaturated/α-hetero) is 1. The highest BCUT2D eigenvalue weighted by atomic mass is 32.1. The molecular weight excluding hydrogens is 444 g/mol. The lowest BCUT2D eigenvalue weighted by Crippen LogP contribution is -2.37. The van der Waals surface area contributed by atoms with E-state index in [-0.39, 0.29) is 17.9 Å². The van der Waals surface area contributed by atoms with E-state index in [9.17, 15) is 19.2 Å². The van der Waals surface area contributed by atoms with Crippen molar-refractivity contribution < 1.29 is 14.3 Å². The van der Waals surface area contributed by atoms with Gasteiger partial charge < -0.3 is 10.5 Å². The molecule has 4 rings (SSSR count). The number of nitrogen functional groups attached to an aromatic ring is 1. The van der Waals surface area contributed by atoms with E-state index >= 15 is 0 Å². The Kier molecular flexibility index (Phi) is 6.18. The van der Waals surface area contributed by atoms with Crippen LogP contribution in [0.15, 0.2) is 57.4 Å². The second-order valence-electron chi connectivity index (χ2n) is 7.22. The molecule has 3 N–H and O–H groups in total. The Morgan fingerprint density at radius 2 is 1.97 bits per heavy atom. The van der Waals surface area contributed by atoms with E-state index in [0.717, 1.165) is 9.44 Å². The lowest BCUT2D eigenvalue weighted by Gasteiger charge is -2.12. The van der Waals surface area contributed by atoms with Crippen molar-refractivity contribution in [2.75, 3.05) is 12.3 Å². The van der Waals surface area contributed by atoms with Gasteiger partial charge in [0.25, 0.3) is 5.56 Å². The summed E-state index contributed by atoms with van der Waals surface area (Å²) in [5.74, 6) is -1.79. The van der Waals surface area contributed by atoms with Gasteiger partial charge in [-0.15, -0.1) is 11.3 Å². The molecular formula is C23H20N4O5S. The van der Waals surface area contributed by atoms with Crippen LogP contribution in [-0.4, -0.2) is 32.9 Å². The zero-order valence-corrected chi connectivity index (χ0v) is 18.5. The Morgan fingerprint density at radius 3 is 2.70 bits per heavy atom. The summed E-state index contributed by atoms with van der Waals surface area (Å²) in [5, 5.41) is 2.48. The van der Waals surface area contributed by atoms with Crippen LogP contribution in [-0.2, 0) is 11.3 Å². The van der Waals surface area contributed by atoms with Crippen LogP contribution in [0.1, 0.15) is 34.1 Å². The molecule has 0 unspecified atom stereocenters. The second kappa shape index (κ2) is 9.21. The van der Waals surface area contributed by atoms with Crippen molar-refractivity contribution in [1.29, 1.82) is 0 Å². The van der Waals surface area contributed by atoms with Crippen molar-refractivity contribution in [3.05, 3.63) is 79.8 Å². The highest BCUT2D eigenvalue weighted by Gasteiger charge is 2.22. The number of ketones is 1. The molecule has 0 radical (unpaired) electrons. The maximum absolute atomic E-state index is 12.9. The number of ether oxygens (including phenoxy) is 1. The van der Waals surface area contributed by atoms with E-state index in [1.54, 1.807) is 24.3 Å². The summed E-state index contributed by atoms with van der Waals surface area (Å²) in [7, 11) is 0. The van der Waals surface area contributed by atoms with Crippen molar-refractivity contribution in [2.45, 2.75) is 19.9 Å². The molecule has 0 saturated carbocycles. The monoisotopic (exact) mass is 464 g/mol. The molecule has 0 aliphatic heterocycles. The standard InChI is InChI=1S/C23H20N4O5S/c1-2-9-27-20(24)19(21(29)26-23(27)31)17(28)12-32-22(30)14-11-16(18-8-5-10-33-18)25-15-7-4-3-6-13(14)15/h3-8,10-11H,2,9,12,24H2,1H3,(H,26,29,31). The van der Waals surface area contributed by atoms with Gasteiger partial charge in [-0.05, 0) is 30.0 Å². The van der Waals surface area contributed by atoms with Crippen LogP contribution < -0.4 is 17.0 Å². The number of nitrogens with two attached hydrogens (primary N) is 1. The lowest BCUT2D eigenvalue weighted by atomic mass is 10.1. The molecule has 0 fully saturated rings. The van der Waals surface area contributed by atoms with Gasteiger partial charge in [-0.3, -0.25) is 19.1 Å². The van der Waals surface area contributed by atoms with E-state index in [1.807, 2.05) is 30.5 Å². The summed E-state index contributed by atoms with van der Waals surface area (Å²) in [6.07, 6.45) is 0.570. The van der Waals surface area contributed by atoms with Crippen molar-refractivity contribution in [3.8, 4) is 10.6 Å². The first-order valence-electron chi connectivity index (χ1n) is 10.2. The number of H-pyrrole nitrogens is 1. The summed E-state index contributed by atoms with van der Waals surface area (Å²) in [5.41, 5.74) is 5.35. The summed E-state index contributed by atoms with van der Waals surface area (Å²) in [4.78, 5) is 57.4. The molecule has 0 aliphatic rings. The molecule has 1 aromatic carbocycles. The minimum atomic E-state index is -0.916. The van der Waals surface area contributed by atoms with E-state index < -0.39 is 35.2 Å². The molecule has 0 aliphatic carbocycles. The number of carbonyl (C=O) groups excluding carboxylic acids is 2. The van der Waals surface area contributed by atoms with E-state index in [4.69, 9.17) is 10.5 Å². The number of carbonyl (C=O) groups is 2. The first kappa shape index (κ1) is 22.2. The molecule has 0 atom stereocenters. The van der Waals surface area contributed by atoms with Gasteiger partial charge in [0, 0.05) is 11.9 Å². The third kappa shape index (κ3) is 4.33. The Morgan fingerprint density at radius 1 is 1.18 bits per heavy atom. The molecule has 3 heterocycles. The SMILES string of the molecule is CCCn1c(N)c(C(=O)COC(=O)c2cc(-c3cccs3)nc3ccccc23)c(=O)[nH]c1=O. The molecule has 0 bridgehead atoms. The number of fused-ring (bicyclic) bond motifs is 1. The zero-order chi connectivity index (χ0) is 23.5. The molecule has 0 spiro atoms.